The van der Waals surface area contributed by atoms with E-state index in [1.165, 1.54) is 0 Å². The topological polar surface area (TPSA) is 36.9 Å². The standard InChI is InChI=1S/C20H25BO4/c1-19(2)20(3,4)25-21(24-19)17-8-6-7-9-18(17)23-14-15-10-12-16(22-5)13-11-15/h6-13H,14H2,1-5H3. The Morgan fingerprint density at radius 1 is 0.880 bits per heavy atom. The van der Waals surface area contributed by atoms with Crippen molar-refractivity contribution >= 4 is 12.6 Å². The van der Waals surface area contributed by atoms with Crippen LogP contribution in [0.4, 0.5) is 0 Å². The third kappa shape index (κ3) is 3.67. The molecule has 0 aliphatic carbocycles. The molecule has 4 nitrogen and oxygen atoms in total. The van der Waals surface area contributed by atoms with E-state index in [1.807, 2.05) is 76.2 Å². The molecule has 1 aliphatic heterocycles. The predicted molar refractivity (Wildman–Crippen MR) is 99.5 cm³/mol. The summed E-state index contributed by atoms with van der Waals surface area (Å²) in [6, 6.07) is 15.7. The van der Waals surface area contributed by atoms with Crippen molar-refractivity contribution in [3.8, 4) is 11.5 Å². The Kier molecular flexibility index (Phi) is 4.80. The smallest absolute Gasteiger partial charge is 0.497 e. The van der Waals surface area contributed by atoms with E-state index >= 15 is 0 Å². The lowest BCUT2D eigenvalue weighted by molar-refractivity contribution is 0.00578. The van der Waals surface area contributed by atoms with E-state index in [1.54, 1.807) is 7.11 Å². The molecule has 0 atom stereocenters. The second-order valence-electron chi connectivity index (χ2n) is 7.26. The van der Waals surface area contributed by atoms with Gasteiger partial charge in [0.1, 0.15) is 18.1 Å². The van der Waals surface area contributed by atoms with Crippen molar-refractivity contribution in [3.63, 3.8) is 0 Å². The van der Waals surface area contributed by atoms with Crippen LogP contribution in [0.3, 0.4) is 0 Å². The van der Waals surface area contributed by atoms with Crippen molar-refractivity contribution in [3.05, 3.63) is 54.1 Å². The molecular weight excluding hydrogens is 315 g/mol. The van der Waals surface area contributed by atoms with Crippen LogP contribution in [0.15, 0.2) is 48.5 Å². The zero-order valence-electron chi connectivity index (χ0n) is 15.5. The first-order valence-corrected chi connectivity index (χ1v) is 8.53. The Hall–Kier alpha value is -1.98. The normalized spacial score (nSPS) is 18.2. The van der Waals surface area contributed by atoms with Gasteiger partial charge < -0.3 is 18.8 Å². The Morgan fingerprint density at radius 3 is 2.08 bits per heavy atom. The highest BCUT2D eigenvalue weighted by Crippen LogP contribution is 2.37. The second-order valence-corrected chi connectivity index (χ2v) is 7.26. The number of rotatable bonds is 5. The van der Waals surface area contributed by atoms with Gasteiger partial charge in [0.15, 0.2) is 0 Å². The summed E-state index contributed by atoms with van der Waals surface area (Å²) in [6.45, 7) is 8.67. The van der Waals surface area contributed by atoms with Crippen LogP contribution in [0, 0.1) is 0 Å². The van der Waals surface area contributed by atoms with Crippen molar-refractivity contribution in [2.75, 3.05) is 7.11 Å². The average Bonchev–Trinajstić information content (AvgIpc) is 2.81. The van der Waals surface area contributed by atoms with Crippen molar-refractivity contribution in [1.82, 2.24) is 0 Å². The van der Waals surface area contributed by atoms with Gasteiger partial charge in [-0.15, -0.1) is 0 Å². The summed E-state index contributed by atoms with van der Waals surface area (Å²) in [5.41, 5.74) is 1.24. The highest BCUT2D eigenvalue weighted by atomic mass is 16.7. The molecule has 1 fully saturated rings. The summed E-state index contributed by atoms with van der Waals surface area (Å²) in [7, 11) is 1.23. The van der Waals surface area contributed by atoms with Gasteiger partial charge in [-0.1, -0.05) is 30.3 Å². The Balaban J connectivity index is 1.75. The molecule has 25 heavy (non-hydrogen) atoms. The molecule has 1 saturated heterocycles. The first-order valence-electron chi connectivity index (χ1n) is 8.53. The van der Waals surface area contributed by atoms with E-state index < -0.39 is 7.12 Å². The first-order chi connectivity index (χ1) is 11.8. The molecule has 0 saturated carbocycles. The van der Waals surface area contributed by atoms with Crippen molar-refractivity contribution < 1.29 is 18.8 Å². The lowest BCUT2D eigenvalue weighted by atomic mass is 9.78. The molecule has 0 bridgehead atoms. The van der Waals surface area contributed by atoms with Crippen LogP contribution in [0.5, 0.6) is 11.5 Å². The fourth-order valence-corrected chi connectivity index (χ4v) is 2.66. The number of hydrogen-bond donors (Lipinski definition) is 0. The van der Waals surface area contributed by atoms with Gasteiger partial charge >= 0.3 is 7.12 Å². The molecule has 1 heterocycles. The molecule has 0 radical (unpaired) electrons. The van der Waals surface area contributed by atoms with E-state index in [0.29, 0.717) is 6.61 Å². The van der Waals surface area contributed by atoms with Crippen molar-refractivity contribution in [2.45, 2.75) is 45.5 Å². The molecule has 132 valence electrons. The van der Waals surface area contributed by atoms with E-state index in [9.17, 15) is 0 Å². The highest BCUT2D eigenvalue weighted by molar-refractivity contribution is 6.63. The third-order valence-corrected chi connectivity index (χ3v) is 4.98. The van der Waals surface area contributed by atoms with Crippen molar-refractivity contribution in [2.24, 2.45) is 0 Å². The fourth-order valence-electron chi connectivity index (χ4n) is 2.66. The summed E-state index contributed by atoms with van der Waals surface area (Å²) in [5.74, 6) is 1.61. The monoisotopic (exact) mass is 340 g/mol. The molecular formula is C20H25BO4. The van der Waals surface area contributed by atoms with E-state index in [4.69, 9.17) is 18.8 Å². The third-order valence-electron chi connectivity index (χ3n) is 4.98. The van der Waals surface area contributed by atoms with Gasteiger partial charge in [-0.25, -0.2) is 0 Å². The summed E-state index contributed by atoms with van der Waals surface area (Å²) in [4.78, 5) is 0. The highest BCUT2D eigenvalue weighted by Gasteiger charge is 2.52. The Bertz CT molecular complexity index is 709. The first kappa shape index (κ1) is 17.8. The Labute approximate surface area is 150 Å². The van der Waals surface area contributed by atoms with E-state index in [2.05, 4.69) is 0 Å². The number of benzene rings is 2. The van der Waals surface area contributed by atoms with E-state index in [-0.39, 0.29) is 11.2 Å². The number of methoxy groups -OCH3 is 1. The van der Waals surface area contributed by atoms with Crippen LogP contribution in [-0.2, 0) is 15.9 Å². The molecule has 2 aromatic rings. The minimum absolute atomic E-state index is 0.374. The zero-order valence-corrected chi connectivity index (χ0v) is 15.5. The number of para-hydroxylation sites is 1. The molecule has 0 unspecified atom stereocenters. The summed E-state index contributed by atoms with van der Waals surface area (Å²) in [5, 5.41) is 0. The van der Waals surface area contributed by atoms with Gasteiger partial charge in [0.25, 0.3) is 0 Å². The molecule has 0 aromatic heterocycles. The minimum atomic E-state index is -0.433. The van der Waals surface area contributed by atoms with Gasteiger partial charge in [-0.3, -0.25) is 0 Å². The summed E-state index contributed by atoms with van der Waals surface area (Å²) >= 11 is 0. The predicted octanol–water partition coefficient (Wildman–Crippen LogP) is 3.57. The molecule has 0 amide bonds. The molecule has 3 rings (SSSR count). The number of ether oxygens (including phenoxy) is 2. The van der Waals surface area contributed by atoms with Gasteiger partial charge in [0.2, 0.25) is 0 Å². The summed E-state index contributed by atoms with van der Waals surface area (Å²) < 4.78 is 23.5. The molecule has 2 aromatic carbocycles. The lowest BCUT2D eigenvalue weighted by Gasteiger charge is -2.32. The minimum Gasteiger partial charge on any atom is -0.497 e. The maximum Gasteiger partial charge on any atom is 0.498 e. The van der Waals surface area contributed by atoms with Gasteiger partial charge in [-0.05, 0) is 51.5 Å². The average molecular weight is 340 g/mol. The quantitative estimate of drug-likeness (QED) is 0.780. The van der Waals surface area contributed by atoms with E-state index in [0.717, 1.165) is 22.5 Å². The van der Waals surface area contributed by atoms with Gasteiger partial charge in [0, 0.05) is 5.46 Å². The van der Waals surface area contributed by atoms with Crippen LogP contribution in [0.25, 0.3) is 0 Å². The zero-order chi connectivity index (χ0) is 18.1. The molecule has 5 heteroatoms. The van der Waals surface area contributed by atoms with Crippen LogP contribution < -0.4 is 14.9 Å². The SMILES string of the molecule is COc1ccc(COc2ccccc2B2OC(C)(C)C(C)(C)O2)cc1. The van der Waals surface area contributed by atoms with Gasteiger partial charge in [0.05, 0.1) is 18.3 Å². The van der Waals surface area contributed by atoms with Crippen LogP contribution >= 0.6 is 0 Å². The molecule has 0 N–H and O–H groups in total. The van der Waals surface area contributed by atoms with Gasteiger partial charge in [-0.2, -0.15) is 0 Å². The maximum atomic E-state index is 6.15. The molecule has 1 aliphatic rings. The van der Waals surface area contributed by atoms with Crippen molar-refractivity contribution in [1.29, 1.82) is 0 Å². The number of hydrogen-bond acceptors (Lipinski definition) is 4. The maximum absolute atomic E-state index is 6.15. The lowest BCUT2D eigenvalue weighted by Crippen LogP contribution is -2.41. The van der Waals surface area contributed by atoms with Crippen LogP contribution in [0.1, 0.15) is 33.3 Å². The largest absolute Gasteiger partial charge is 0.498 e. The fraction of sp³-hybridized carbons (Fsp3) is 0.400. The summed E-state index contributed by atoms with van der Waals surface area (Å²) in [6.07, 6.45) is 0. The van der Waals surface area contributed by atoms with Crippen LogP contribution in [-0.4, -0.2) is 25.4 Å². The van der Waals surface area contributed by atoms with Crippen LogP contribution in [0.2, 0.25) is 0 Å². The second kappa shape index (κ2) is 6.73. The Morgan fingerprint density at radius 2 is 1.48 bits per heavy atom. The molecule has 0 spiro atoms.